The molecule has 8 heteroatoms. The first-order valence-corrected chi connectivity index (χ1v) is 8.36. The van der Waals surface area contributed by atoms with Crippen molar-refractivity contribution >= 4 is 28.4 Å². The van der Waals surface area contributed by atoms with E-state index >= 15 is 0 Å². The summed E-state index contributed by atoms with van der Waals surface area (Å²) in [5.74, 6) is 0.179. The van der Waals surface area contributed by atoms with Crippen LogP contribution < -0.4 is 5.32 Å². The van der Waals surface area contributed by atoms with Crippen LogP contribution in [0.15, 0.2) is 48.5 Å². The van der Waals surface area contributed by atoms with E-state index in [-0.39, 0.29) is 18.1 Å². The molecule has 1 heterocycles. The molecule has 0 aliphatic carbocycles. The van der Waals surface area contributed by atoms with E-state index in [0.29, 0.717) is 23.3 Å². The van der Waals surface area contributed by atoms with E-state index in [1.54, 1.807) is 19.2 Å². The number of rotatable bonds is 5. The summed E-state index contributed by atoms with van der Waals surface area (Å²) < 4.78 is 5.99. The topological polar surface area (TPSA) is 99.3 Å². The van der Waals surface area contributed by atoms with Crippen molar-refractivity contribution in [1.29, 1.82) is 0 Å². The molecule has 2 aromatic carbocycles. The van der Waals surface area contributed by atoms with Gasteiger partial charge in [0.05, 0.1) is 23.8 Å². The van der Waals surface area contributed by atoms with Gasteiger partial charge in [-0.15, -0.1) is 0 Å². The first-order chi connectivity index (χ1) is 12.9. The van der Waals surface area contributed by atoms with E-state index in [1.807, 2.05) is 18.2 Å². The van der Waals surface area contributed by atoms with E-state index in [9.17, 15) is 14.9 Å². The smallest absolute Gasteiger partial charge is 0.307 e. The van der Waals surface area contributed by atoms with Gasteiger partial charge in [-0.25, -0.2) is 0 Å². The lowest BCUT2D eigenvalue weighted by Gasteiger charge is -2.02. The highest BCUT2D eigenvalue weighted by atomic mass is 16.6. The molecular formula is C19H22N4O4. The number of ether oxygens (including phenoxy) is 1. The number of carbonyl (C=O) groups excluding carboxylic acids is 1. The summed E-state index contributed by atoms with van der Waals surface area (Å²) in [4.78, 5) is 21.6. The lowest BCUT2D eigenvalue weighted by atomic mass is 10.2. The van der Waals surface area contributed by atoms with Crippen molar-refractivity contribution in [3.63, 3.8) is 0 Å². The fourth-order valence-corrected chi connectivity index (χ4v) is 2.51. The summed E-state index contributed by atoms with van der Waals surface area (Å²) in [5, 5.41) is 18.8. The van der Waals surface area contributed by atoms with Gasteiger partial charge in [-0.2, -0.15) is 5.10 Å². The molecular weight excluding hydrogens is 348 g/mol. The summed E-state index contributed by atoms with van der Waals surface area (Å²) in [6.07, 6.45) is 0.198. The number of nitro groups is 1. The standard InChI is InChI=1S/C12H14N4O4.C7H8/c1-15-11-8(4-3-5-9(11)16(18)19)12(14-15)13-7-6-10(17)20-2;1-7-5-3-2-4-6-7/h3-5H,6-7H2,1-2H3,(H,13,14);2-6H,1H3. The van der Waals surface area contributed by atoms with Gasteiger partial charge >= 0.3 is 5.97 Å². The quantitative estimate of drug-likeness (QED) is 0.419. The van der Waals surface area contributed by atoms with E-state index in [1.165, 1.54) is 23.4 Å². The highest BCUT2D eigenvalue weighted by molar-refractivity contribution is 5.96. The van der Waals surface area contributed by atoms with Crippen LogP contribution in [0.25, 0.3) is 10.9 Å². The summed E-state index contributed by atoms with van der Waals surface area (Å²) in [6.45, 7) is 2.43. The number of fused-ring (bicyclic) bond motifs is 1. The Labute approximate surface area is 156 Å². The summed E-state index contributed by atoms with van der Waals surface area (Å²) in [6, 6.07) is 15.0. The molecule has 0 bridgehead atoms. The molecule has 0 aliphatic heterocycles. The Hall–Kier alpha value is -3.42. The summed E-state index contributed by atoms with van der Waals surface area (Å²) >= 11 is 0. The minimum Gasteiger partial charge on any atom is -0.469 e. The van der Waals surface area contributed by atoms with Crippen LogP contribution in [-0.4, -0.2) is 34.3 Å². The molecule has 0 aliphatic rings. The Morgan fingerprint density at radius 2 is 1.93 bits per heavy atom. The van der Waals surface area contributed by atoms with Gasteiger partial charge in [0.25, 0.3) is 5.69 Å². The normalized spacial score (nSPS) is 10.0. The fourth-order valence-electron chi connectivity index (χ4n) is 2.51. The zero-order valence-electron chi connectivity index (χ0n) is 15.5. The molecule has 27 heavy (non-hydrogen) atoms. The zero-order valence-corrected chi connectivity index (χ0v) is 15.5. The molecule has 1 aromatic heterocycles. The van der Waals surface area contributed by atoms with E-state index in [4.69, 9.17) is 0 Å². The van der Waals surface area contributed by atoms with Gasteiger partial charge in [-0.05, 0) is 13.0 Å². The first kappa shape index (κ1) is 19.9. The van der Waals surface area contributed by atoms with Gasteiger partial charge in [-0.1, -0.05) is 42.0 Å². The predicted molar refractivity (Wildman–Crippen MR) is 104 cm³/mol. The van der Waals surface area contributed by atoms with Crippen LogP contribution in [0.3, 0.4) is 0 Å². The number of anilines is 1. The number of esters is 1. The predicted octanol–water partition coefficient (Wildman–Crippen LogP) is 3.45. The van der Waals surface area contributed by atoms with Crippen LogP contribution in [0.4, 0.5) is 11.5 Å². The Kier molecular flexibility index (Phi) is 6.87. The van der Waals surface area contributed by atoms with E-state index in [2.05, 4.69) is 34.2 Å². The minimum absolute atomic E-state index is 0.00137. The maximum Gasteiger partial charge on any atom is 0.307 e. The molecule has 0 unspecified atom stereocenters. The number of hydrogen-bond acceptors (Lipinski definition) is 6. The van der Waals surface area contributed by atoms with Crippen LogP contribution in [0, 0.1) is 17.0 Å². The number of hydrogen-bond donors (Lipinski definition) is 1. The van der Waals surface area contributed by atoms with E-state index in [0.717, 1.165) is 0 Å². The van der Waals surface area contributed by atoms with Crippen molar-refractivity contribution in [2.45, 2.75) is 13.3 Å². The van der Waals surface area contributed by atoms with Gasteiger partial charge in [0.1, 0.15) is 5.52 Å². The van der Waals surface area contributed by atoms with Crippen molar-refractivity contribution < 1.29 is 14.5 Å². The SMILES string of the molecule is COC(=O)CCNc1nn(C)c2c([N+](=O)[O-])cccc12.Cc1ccccc1. The second-order valence-corrected chi connectivity index (χ2v) is 5.81. The van der Waals surface area contributed by atoms with Crippen molar-refractivity contribution in [1.82, 2.24) is 9.78 Å². The largest absolute Gasteiger partial charge is 0.469 e. The Morgan fingerprint density at radius 1 is 1.22 bits per heavy atom. The molecule has 3 rings (SSSR count). The second-order valence-electron chi connectivity index (χ2n) is 5.81. The Morgan fingerprint density at radius 3 is 2.48 bits per heavy atom. The summed E-state index contributed by atoms with van der Waals surface area (Å²) in [5.41, 5.74) is 1.76. The van der Waals surface area contributed by atoms with Gasteiger partial charge < -0.3 is 10.1 Å². The minimum atomic E-state index is -0.442. The average Bonchev–Trinajstić information content (AvgIpc) is 2.98. The average molecular weight is 370 g/mol. The molecule has 0 radical (unpaired) electrons. The van der Waals surface area contributed by atoms with Crippen molar-refractivity contribution in [3.8, 4) is 0 Å². The molecule has 0 fully saturated rings. The molecule has 0 amide bonds. The van der Waals surface area contributed by atoms with Crippen LogP contribution in [0.5, 0.6) is 0 Å². The number of nitrogens with zero attached hydrogens (tertiary/aromatic N) is 3. The van der Waals surface area contributed by atoms with Crippen LogP contribution in [0.1, 0.15) is 12.0 Å². The van der Waals surface area contributed by atoms with E-state index < -0.39 is 4.92 Å². The van der Waals surface area contributed by atoms with Crippen LogP contribution in [-0.2, 0) is 16.6 Å². The molecule has 0 saturated carbocycles. The second kappa shape index (κ2) is 9.33. The molecule has 1 N–H and O–H groups in total. The molecule has 8 nitrogen and oxygen atoms in total. The number of para-hydroxylation sites is 1. The molecule has 0 saturated heterocycles. The molecule has 142 valence electrons. The maximum absolute atomic E-state index is 11.0. The Bertz CT molecular complexity index is 922. The molecule has 0 atom stereocenters. The number of non-ortho nitro benzene ring substituents is 1. The number of aromatic nitrogens is 2. The van der Waals surface area contributed by atoms with Crippen molar-refractivity contribution in [2.75, 3.05) is 19.0 Å². The molecule has 3 aromatic rings. The number of methoxy groups -OCH3 is 1. The van der Waals surface area contributed by atoms with Crippen LogP contribution >= 0.6 is 0 Å². The number of aryl methyl sites for hydroxylation is 2. The highest BCUT2D eigenvalue weighted by Gasteiger charge is 2.18. The van der Waals surface area contributed by atoms with Gasteiger partial charge in [-0.3, -0.25) is 19.6 Å². The number of nitro benzene ring substituents is 1. The van der Waals surface area contributed by atoms with Gasteiger partial charge in [0.2, 0.25) is 0 Å². The number of carbonyl (C=O) groups is 1. The molecule has 0 spiro atoms. The lowest BCUT2D eigenvalue weighted by Crippen LogP contribution is -2.10. The monoisotopic (exact) mass is 370 g/mol. The first-order valence-electron chi connectivity index (χ1n) is 8.36. The third-order valence-corrected chi connectivity index (χ3v) is 3.83. The number of benzene rings is 2. The van der Waals surface area contributed by atoms with Crippen LogP contribution in [0.2, 0.25) is 0 Å². The highest BCUT2D eigenvalue weighted by Crippen LogP contribution is 2.29. The van der Waals surface area contributed by atoms with Crippen molar-refractivity contribution in [2.24, 2.45) is 7.05 Å². The van der Waals surface area contributed by atoms with Gasteiger partial charge in [0, 0.05) is 19.7 Å². The Balaban J connectivity index is 0.000000313. The lowest BCUT2D eigenvalue weighted by molar-refractivity contribution is -0.383. The van der Waals surface area contributed by atoms with Gasteiger partial charge in [0.15, 0.2) is 5.82 Å². The zero-order chi connectivity index (χ0) is 19.8. The third-order valence-electron chi connectivity index (χ3n) is 3.83. The maximum atomic E-state index is 11.0. The number of nitrogens with one attached hydrogen (secondary N) is 1. The van der Waals surface area contributed by atoms with Crippen molar-refractivity contribution in [3.05, 3.63) is 64.2 Å². The third kappa shape index (κ3) is 5.27. The fraction of sp³-hybridized carbons (Fsp3) is 0.263. The summed E-state index contributed by atoms with van der Waals surface area (Å²) in [7, 11) is 2.96.